The highest BCUT2D eigenvalue weighted by Crippen LogP contribution is 2.32. The third-order valence-electron chi connectivity index (χ3n) is 4.72. The van der Waals surface area contributed by atoms with Crippen LogP contribution in [0.4, 0.5) is 0 Å². The monoisotopic (exact) mass is 417 g/mol. The average Bonchev–Trinajstić information content (AvgIpc) is 2.78. The van der Waals surface area contributed by atoms with Gasteiger partial charge in [-0.1, -0.05) is 60.7 Å². The molecule has 6 nitrogen and oxygen atoms in total. The van der Waals surface area contributed by atoms with Gasteiger partial charge < -0.3 is 0 Å². The molecule has 0 fully saturated rings. The van der Waals surface area contributed by atoms with E-state index in [1.165, 1.54) is 30.3 Å². The number of carbonyl (C=O) groups is 3. The number of benzene rings is 3. The quantitative estimate of drug-likeness (QED) is 0.643. The Morgan fingerprint density at radius 2 is 1.37 bits per heavy atom. The van der Waals surface area contributed by atoms with Crippen molar-refractivity contribution in [3.05, 3.63) is 107 Å². The molecule has 148 valence electrons. The molecule has 30 heavy (non-hydrogen) atoms. The number of sulfonamides is 1. The molecule has 0 radical (unpaired) electrons. The fraction of sp³-hybridized carbons (Fsp3) is 0. The molecule has 1 aliphatic carbocycles. The van der Waals surface area contributed by atoms with Crippen molar-refractivity contribution in [1.29, 1.82) is 0 Å². The van der Waals surface area contributed by atoms with E-state index < -0.39 is 21.6 Å². The first-order valence-electron chi connectivity index (χ1n) is 8.98. The summed E-state index contributed by atoms with van der Waals surface area (Å²) in [7, 11) is -4.13. The van der Waals surface area contributed by atoms with E-state index >= 15 is 0 Å². The number of Topliss-reactive ketones (excluding diaryl/α,β-unsaturated/α-hetero) is 2. The van der Waals surface area contributed by atoms with Crippen LogP contribution >= 0.6 is 0 Å². The maximum absolute atomic E-state index is 13.3. The van der Waals surface area contributed by atoms with Crippen LogP contribution in [0, 0.1) is 0 Å². The standard InChI is InChI=1S/C23H15NO5S/c25-14-15-7-6-8-16(13-15)20-21(24-30(28,29)17-9-2-1-3-10-17)23(27)19-12-5-4-11-18(19)22(20)26/h1-14,24H. The molecule has 0 atom stereocenters. The minimum Gasteiger partial charge on any atom is -0.298 e. The highest BCUT2D eigenvalue weighted by atomic mass is 32.2. The normalized spacial score (nSPS) is 13.7. The first-order chi connectivity index (χ1) is 14.4. The Bertz CT molecular complexity index is 1320. The molecule has 0 unspecified atom stereocenters. The Labute approximate surface area is 172 Å². The number of hydrogen-bond acceptors (Lipinski definition) is 5. The van der Waals surface area contributed by atoms with Crippen LogP contribution in [0.15, 0.2) is 89.5 Å². The van der Waals surface area contributed by atoms with E-state index in [0.29, 0.717) is 11.8 Å². The maximum atomic E-state index is 13.3. The van der Waals surface area contributed by atoms with Gasteiger partial charge in [-0.25, -0.2) is 8.42 Å². The van der Waals surface area contributed by atoms with Crippen LogP contribution in [0.3, 0.4) is 0 Å². The molecular formula is C23H15NO5S. The fourth-order valence-corrected chi connectivity index (χ4v) is 4.41. The van der Waals surface area contributed by atoms with Gasteiger partial charge in [0.1, 0.15) is 12.0 Å². The molecule has 3 aromatic rings. The topological polar surface area (TPSA) is 97.4 Å². The van der Waals surface area contributed by atoms with Gasteiger partial charge in [0.05, 0.1) is 10.5 Å². The third kappa shape index (κ3) is 3.35. The van der Waals surface area contributed by atoms with E-state index in [4.69, 9.17) is 0 Å². The molecule has 0 bridgehead atoms. The van der Waals surface area contributed by atoms with Crippen LogP contribution in [0.1, 0.15) is 36.6 Å². The van der Waals surface area contributed by atoms with Crippen molar-refractivity contribution in [3.8, 4) is 0 Å². The van der Waals surface area contributed by atoms with Crippen molar-refractivity contribution in [1.82, 2.24) is 4.72 Å². The number of rotatable bonds is 5. The van der Waals surface area contributed by atoms with Crippen LogP contribution in [0.2, 0.25) is 0 Å². The molecule has 1 aliphatic rings. The second kappa shape index (κ2) is 7.53. The minimum atomic E-state index is -4.13. The predicted octanol–water partition coefficient (Wildman–Crippen LogP) is 3.27. The van der Waals surface area contributed by atoms with Crippen molar-refractivity contribution in [2.75, 3.05) is 0 Å². The van der Waals surface area contributed by atoms with Gasteiger partial charge in [0.15, 0.2) is 5.78 Å². The molecule has 1 N–H and O–H groups in total. The number of allylic oxidation sites excluding steroid dienone is 2. The first kappa shape index (κ1) is 19.5. The summed E-state index contributed by atoms with van der Waals surface area (Å²) in [6.45, 7) is 0. The van der Waals surface area contributed by atoms with Crippen LogP contribution in [0.5, 0.6) is 0 Å². The Kier molecular flexibility index (Phi) is 4.89. The van der Waals surface area contributed by atoms with E-state index in [1.807, 2.05) is 0 Å². The molecule has 0 saturated heterocycles. The van der Waals surface area contributed by atoms with Crippen molar-refractivity contribution in [2.24, 2.45) is 0 Å². The Balaban J connectivity index is 1.94. The largest absolute Gasteiger partial charge is 0.298 e. The highest BCUT2D eigenvalue weighted by molar-refractivity contribution is 7.89. The van der Waals surface area contributed by atoms with Crippen molar-refractivity contribution >= 4 is 33.4 Å². The minimum absolute atomic E-state index is 0.0439. The van der Waals surface area contributed by atoms with Gasteiger partial charge in [0.25, 0.3) is 10.0 Å². The van der Waals surface area contributed by atoms with E-state index in [1.54, 1.807) is 48.5 Å². The molecule has 0 aliphatic heterocycles. The molecule has 7 heteroatoms. The van der Waals surface area contributed by atoms with Crippen LogP contribution < -0.4 is 4.72 Å². The summed E-state index contributed by atoms with van der Waals surface area (Å²) < 4.78 is 28.1. The second-order valence-corrected chi connectivity index (χ2v) is 8.30. The summed E-state index contributed by atoms with van der Waals surface area (Å²) in [4.78, 5) is 37.6. The smallest absolute Gasteiger partial charge is 0.262 e. The lowest BCUT2D eigenvalue weighted by Gasteiger charge is -2.22. The summed E-state index contributed by atoms with van der Waals surface area (Å²) in [5.74, 6) is -1.12. The number of ketones is 2. The molecule has 3 aromatic carbocycles. The average molecular weight is 417 g/mol. The summed E-state index contributed by atoms with van der Waals surface area (Å²) in [5, 5.41) is 0. The summed E-state index contributed by atoms with van der Waals surface area (Å²) in [6, 6.07) is 19.9. The Morgan fingerprint density at radius 3 is 2.03 bits per heavy atom. The van der Waals surface area contributed by atoms with Gasteiger partial charge in [-0.15, -0.1) is 0 Å². The van der Waals surface area contributed by atoms with E-state index in [0.717, 1.165) is 0 Å². The van der Waals surface area contributed by atoms with Crippen LogP contribution in [0.25, 0.3) is 5.57 Å². The Morgan fingerprint density at radius 1 is 0.733 bits per heavy atom. The summed E-state index contributed by atoms with van der Waals surface area (Å²) in [6.07, 6.45) is 0.612. The van der Waals surface area contributed by atoms with Gasteiger partial charge in [-0.05, 0) is 23.8 Å². The maximum Gasteiger partial charge on any atom is 0.262 e. The highest BCUT2D eigenvalue weighted by Gasteiger charge is 2.35. The van der Waals surface area contributed by atoms with Gasteiger partial charge in [-0.2, -0.15) is 0 Å². The van der Waals surface area contributed by atoms with Crippen molar-refractivity contribution in [2.45, 2.75) is 4.90 Å². The zero-order valence-corrected chi connectivity index (χ0v) is 16.3. The van der Waals surface area contributed by atoms with Crippen molar-refractivity contribution < 1.29 is 22.8 Å². The van der Waals surface area contributed by atoms with Gasteiger partial charge in [0.2, 0.25) is 5.78 Å². The molecule has 4 rings (SSSR count). The van der Waals surface area contributed by atoms with Gasteiger partial charge in [0, 0.05) is 16.7 Å². The Hall–Kier alpha value is -3.84. The number of fused-ring (bicyclic) bond motifs is 1. The summed E-state index contributed by atoms with van der Waals surface area (Å²) in [5.41, 5.74) is 0.426. The molecule has 0 aromatic heterocycles. The SMILES string of the molecule is O=Cc1cccc(C2=C(NS(=O)(=O)c3ccccc3)C(=O)c3ccccc3C2=O)c1. The fourth-order valence-electron chi connectivity index (χ4n) is 3.31. The number of aldehydes is 1. The second-order valence-electron chi connectivity index (χ2n) is 6.62. The van der Waals surface area contributed by atoms with Crippen LogP contribution in [-0.4, -0.2) is 26.3 Å². The number of carbonyl (C=O) groups excluding carboxylic acids is 3. The lowest BCUT2D eigenvalue weighted by atomic mass is 9.84. The zero-order valence-electron chi connectivity index (χ0n) is 15.5. The zero-order chi connectivity index (χ0) is 21.3. The molecule has 0 heterocycles. The van der Waals surface area contributed by atoms with E-state index in [9.17, 15) is 22.8 Å². The lowest BCUT2D eigenvalue weighted by Crippen LogP contribution is -2.33. The van der Waals surface area contributed by atoms with E-state index in [2.05, 4.69) is 4.72 Å². The van der Waals surface area contributed by atoms with Gasteiger partial charge in [-0.3, -0.25) is 19.1 Å². The van der Waals surface area contributed by atoms with Crippen molar-refractivity contribution in [3.63, 3.8) is 0 Å². The summed E-state index contributed by atoms with van der Waals surface area (Å²) >= 11 is 0. The lowest BCUT2D eigenvalue weighted by molar-refractivity contribution is 0.0988. The third-order valence-corrected chi connectivity index (χ3v) is 6.09. The number of hydrogen-bond donors (Lipinski definition) is 1. The molecule has 0 spiro atoms. The predicted molar refractivity (Wildman–Crippen MR) is 111 cm³/mol. The number of nitrogens with one attached hydrogen (secondary N) is 1. The first-order valence-corrected chi connectivity index (χ1v) is 10.5. The van der Waals surface area contributed by atoms with Crippen LogP contribution in [-0.2, 0) is 10.0 Å². The molecular weight excluding hydrogens is 402 g/mol. The van der Waals surface area contributed by atoms with Gasteiger partial charge >= 0.3 is 0 Å². The van der Waals surface area contributed by atoms with E-state index in [-0.39, 0.29) is 32.9 Å². The molecule has 0 amide bonds. The molecule has 0 saturated carbocycles.